The molecule has 1 aromatic heterocycles. The van der Waals surface area contributed by atoms with E-state index in [-0.39, 0.29) is 6.54 Å². The third-order valence-corrected chi connectivity index (χ3v) is 3.36. The van der Waals surface area contributed by atoms with Gasteiger partial charge >= 0.3 is 0 Å². The molecule has 0 radical (unpaired) electrons. The SMILES string of the molecule is COc1ccccc1-c1cn(CCNS(C)(=O)=O)nn1. The first-order chi connectivity index (χ1) is 9.49. The molecule has 20 heavy (non-hydrogen) atoms. The third-order valence-electron chi connectivity index (χ3n) is 2.63. The maximum Gasteiger partial charge on any atom is 0.208 e. The molecule has 2 aromatic rings. The lowest BCUT2D eigenvalue weighted by Crippen LogP contribution is -2.26. The summed E-state index contributed by atoms with van der Waals surface area (Å²) in [7, 11) is -1.59. The van der Waals surface area contributed by atoms with Crippen LogP contribution < -0.4 is 9.46 Å². The van der Waals surface area contributed by atoms with Crippen LogP contribution in [0.25, 0.3) is 11.3 Å². The number of nitrogens with one attached hydrogen (secondary N) is 1. The minimum absolute atomic E-state index is 0.271. The number of sulfonamides is 1. The molecule has 0 amide bonds. The number of rotatable bonds is 6. The van der Waals surface area contributed by atoms with Crippen LogP contribution in [0.2, 0.25) is 0 Å². The molecular formula is C12H16N4O3S. The average Bonchev–Trinajstić information content (AvgIpc) is 2.86. The van der Waals surface area contributed by atoms with Crippen molar-refractivity contribution in [2.24, 2.45) is 0 Å². The van der Waals surface area contributed by atoms with E-state index in [0.29, 0.717) is 18.0 Å². The Balaban J connectivity index is 2.09. The van der Waals surface area contributed by atoms with Crippen molar-refractivity contribution in [2.45, 2.75) is 6.54 Å². The number of benzene rings is 1. The second-order valence-corrected chi connectivity index (χ2v) is 6.07. The van der Waals surface area contributed by atoms with Crippen LogP contribution >= 0.6 is 0 Å². The average molecular weight is 296 g/mol. The molecule has 0 unspecified atom stereocenters. The fourth-order valence-electron chi connectivity index (χ4n) is 1.73. The molecular weight excluding hydrogens is 280 g/mol. The van der Waals surface area contributed by atoms with Gasteiger partial charge < -0.3 is 4.74 Å². The number of aromatic nitrogens is 3. The number of nitrogens with zero attached hydrogens (tertiary/aromatic N) is 3. The van der Waals surface area contributed by atoms with Crippen LogP contribution in [0.1, 0.15) is 0 Å². The first kappa shape index (κ1) is 14.5. The van der Waals surface area contributed by atoms with E-state index in [0.717, 1.165) is 11.8 Å². The van der Waals surface area contributed by atoms with Gasteiger partial charge in [-0.1, -0.05) is 17.3 Å². The summed E-state index contributed by atoms with van der Waals surface area (Å²) in [5, 5.41) is 8.03. The van der Waals surface area contributed by atoms with E-state index in [2.05, 4.69) is 15.0 Å². The normalized spacial score (nSPS) is 11.5. The van der Waals surface area contributed by atoms with Crippen LogP contribution in [0.3, 0.4) is 0 Å². The maximum atomic E-state index is 11.0. The van der Waals surface area contributed by atoms with Crippen molar-refractivity contribution < 1.29 is 13.2 Å². The zero-order valence-corrected chi connectivity index (χ0v) is 12.1. The molecule has 0 fully saturated rings. The van der Waals surface area contributed by atoms with E-state index in [1.54, 1.807) is 18.0 Å². The summed E-state index contributed by atoms with van der Waals surface area (Å²) in [6, 6.07) is 7.51. The zero-order valence-electron chi connectivity index (χ0n) is 11.3. The Morgan fingerprint density at radius 3 is 2.80 bits per heavy atom. The molecule has 0 saturated heterocycles. The van der Waals surface area contributed by atoms with Gasteiger partial charge in [-0.05, 0) is 12.1 Å². The summed E-state index contributed by atoms with van der Waals surface area (Å²) in [5.41, 5.74) is 1.53. The smallest absolute Gasteiger partial charge is 0.208 e. The molecule has 7 nitrogen and oxygen atoms in total. The van der Waals surface area contributed by atoms with Gasteiger partial charge in [0.15, 0.2) is 0 Å². The summed E-state index contributed by atoms with van der Waals surface area (Å²) < 4.78 is 31.2. The van der Waals surface area contributed by atoms with Crippen LogP contribution in [-0.4, -0.2) is 43.3 Å². The van der Waals surface area contributed by atoms with Crippen LogP contribution in [0.5, 0.6) is 5.75 Å². The van der Waals surface area contributed by atoms with Gasteiger partial charge in [0.2, 0.25) is 10.0 Å². The van der Waals surface area contributed by atoms with Crippen molar-refractivity contribution in [1.29, 1.82) is 0 Å². The highest BCUT2D eigenvalue weighted by atomic mass is 32.2. The molecule has 1 heterocycles. The standard InChI is InChI=1S/C12H16N4O3S/c1-19-12-6-4-3-5-10(12)11-9-16(15-14-11)8-7-13-20(2,17)18/h3-6,9,13H,7-8H2,1-2H3. The van der Waals surface area contributed by atoms with Gasteiger partial charge in [0.1, 0.15) is 11.4 Å². The number of para-hydroxylation sites is 1. The Morgan fingerprint density at radius 2 is 2.10 bits per heavy atom. The zero-order chi connectivity index (χ0) is 14.6. The molecule has 0 spiro atoms. The van der Waals surface area contributed by atoms with Crippen molar-refractivity contribution in [1.82, 2.24) is 19.7 Å². The van der Waals surface area contributed by atoms with E-state index in [9.17, 15) is 8.42 Å². The second-order valence-electron chi connectivity index (χ2n) is 4.23. The van der Waals surface area contributed by atoms with Gasteiger partial charge in [0.05, 0.1) is 26.1 Å². The third kappa shape index (κ3) is 3.78. The van der Waals surface area contributed by atoms with E-state index >= 15 is 0 Å². The Morgan fingerprint density at radius 1 is 1.35 bits per heavy atom. The van der Waals surface area contributed by atoms with Gasteiger partial charge in [0.25, 0.3) is 0 Å². The molecule has 0 atom stereocenters. The first-order valence-electron chi connectivity index (χ1n) is 5.98. The van der Waals surface area contributed by atoms with Crippen molar-refractivity contribution in [3.05, 3.63) is 30.5 Å². The number of methoxy groups -OCH3 is 1. The highest BCUT2D eigenvalue weighted by molar-refractivity contribution is 7.88. The van der Waals surface area contributed by atoms with Crippen molar-refractivity contribution >= 4 is 10.0 Å². The number of hydrogen-bond acceptors (Lipinski definition) is 5. The van der Waals surface area contributed by atoms with E-state index in [4.69, 9.17) is 4.74 Å². The van der Waals surface area contributed by atoms with Gasteiger partial charge in [-0.3, -0.25) is 4.68 Å². The number of hydrogen-bond donors (Lipinski definition) is 1. The van der Waals surface area contributed by atoms with Crippen molar-refractivity contribution in [3.8, 4) is 17.0 Å². The van der Waals surface area contributed by atoms with E-state index < -0.39 is 10.0 Å². The largest absolute Gasteiger partial charge is 0.496 e. The molecule has 108 valence electrons. The molecule has 0 aliphatic rings. The fourth-order valence-corrected chi connectivity index (χ4v) is 2.20. The maximum absolute atomic E-state index is 11.0. The van der Waals surface area contributed by atoms with Crippen LogP contribution in [0, 0.1) is 0 Å². The van der Waals surface area contributed by atoms with Gasteiger partial charge in [-0.2, -0.15) is 0 Å². The molecule has 1 aromatic carbocycles. The summed E-state index contributed by atoms with van der Waals surface area (Å²) in [5.74, 6) is 0.716. The van der Waals surface area contributed by atoms with Crippen molar-refractivity contribution in [2.75, 3.05) is 19.9 Å². The van der Waals surface area contributed by atoms with Crippen LogP contribution in [0.15, 0.2) is 30.5 Å². The highest BCUT2D eigenvalue weighted by Gasteiger charge is 2.09. The van der Waals surface area contributed by atoms with E-state index in [1.165, 1.54) is 0 Å². The summed E-state index contributed by atoms with van der Waals surface area (Å²) in [6.45, 7) is 0.683. The summed E-state index contributed by atoms with van der Waals surface area (Å²) >= 11 is 0. The molecule has 2 rings (SSSR count). The lowest BCUT2D eigenvalue weighted by atomic mass is 10.1. The molecule has 0 bridgehead atoms. The van der Waals surface area contributed by atoms with Gasteiger partial charge in [-0.15, -0.1) is 5.10 Å². The minimum Gasteiger partial charge on any atom is -0.496 e. The summed E-state index contributed by atoms with van der Waals surface area (Å²) in [4.78, 5) is 0. The molecule has 1 N–H and O–H groups in total. The monoisotopic (exact) mass is 296 g/mol. The Kier molecular flexibility index (Phi) is 4.35. The molecule has 0 aliphatic carbocycles. The Hall–Kier alpha value is -1.93. The number of ether oxygens (including phenoxy) is 1. The predicted molar refractivity (Wildman–Crippen MR) is 74.9 cm³/mol. The fraction of sp³-hybridized carbons (Fsp3) is 0.333. The molecule has 0 aliphatic heterocycles. The minimum atomic E-state index is -3.18. The lowest BCUT2D eigenvalue weighted by molar-refractivity contribution is 0.416. The first-order valence-corrected chi connectivity index (χ1v) is 7.87. The lowest BCUT2D eigenvalue weighted by Gasteiger charge is -2.04. The molecule has 8 heteroatoms. The Bertz CT molecular complexity index is 682. The topological polar surface area (TPSA) is 86.1 Å². The molecule has 0 saturated carbocycles. The summed E-state index contributed by atoms with van der Waals surface area (Å²) in [6.07, 6.45) is 2.87. The highest BCUT2D eigenvalue weighted by Crippen LogP contribution is 2.27. The van der Waals surface area contributed by atoms with E-state index in [1.807, 2.05) is 24.3 Å². The quantitative estimate of drug-likeness (QED) is 0.839. The van der Waals surface area contributed by atoms with Crippen LogP contribution in [-0.2, 0) is 16.6 Å². The predicted octanol–water partition coefficient (Wildman–Crippen LogP) is 0.503. The van der Waals surface area contributed by atoms with Gasteiger partial charge in [-0.25, -0.2) is 13.1 Å². The second kappa shape index (κ2) is 6.02. The van der Waals surface area contributed by atoms with Crippen molar-refractivity contribution in [3.63, 3.8) is 0 Å². The van der Waals surface area contributed by atoms with Gasteiger partial charge in [0, 0.05) is 12.1 Å². The van der Waals surface area contributed by atoms with Crippen LogP contribution in [0.4, 0.5) is 0 Å². The Labute approximate surface area is 117 Å².